The van der Waals surface area contributed by atoms with Crippen molar-refractivity contribution in [3.63, 3.8) is 0 Å². The standard InChI is InChI=1S/C13H18N2O4S/c1-9-8-12(6-7-13(9)15(16)17)20(18,19)14(3)10(2)11-4-5-11/h6-8,10-11H,4-5H2,1-3H3/t10-/m1/s1. The number of aryl methyl sites for hydroxylation is 1. The van der Waals surface area contributed by atoms with E-state index >= 15 is 0 Å². The van der Waals surface area contributed by atoms with E-state index in [1.807, 2.05) is 6.92 Å². The number of hydrogen-bond acceptors (Lipinski definition) is 4. The maximum Gasteiger partial charge on any atom is 0.272 e. The number of benzene rings is 1. The molecule has 20 heavy (non-hydrogen) atoms. The Morgan fingerprint density at radius 2 is 2.00 bits per heavy atom. The van der Waals surface area contributed by atoms with E-state index in [1.54, 1.807) is 14.0 Å². The van der Waals surface area contributed by atoms with Crippen molar-refractivity contribution in [3.8, 4) is 0 Å². The summed E-state index contributed by atoms with van der Waals surface area (Å²) >= 11 is 0. The molecule has 0 saturated heterocycles. The molecule has 0 bridgehead atoms. The molecule has 1 fully saturated rings. The highest BCUT2D eigenvalue weighted by Crippen LogP contribution is 2.36. The maximum absolute atomic E-state index is 12.5. The number of nitro groups is 1. The summed E-state index contributed by atoms with van der Waals surface area (Å²) in [5, 5.41) is 10.8. The number of rotatable bonds is 5. The van der Waals surface area contributed by atoms with E-state index < -0.39 is 14.9 Å². The SMILES string of the molecule is Cc1cc(S(=O)(=O)N(C)[C@H](C)C2CC2)ccc1[N+](=O)[O-]. The van der Waals surface area contributed by atoms with E-state index in [2.05, 4.69) is 0 Å². The normalized spacial score (nSPS) is 17.2. The van der Waals surface area contributed by atoms with Gasteiger partial charge < -0.3 is 0 Å². The second kappa shape index (κ2) is 5.14. The fourth-order valence-corrected chi connectivity index (χ4v) is 3.76. The second-order valence-electron chi connectivity index (χ2n) is 5.30. The highest BCUT2D eigenvalue weighted by molar-refractivity contribution is 7.89. The molecule has 1 aromatic carbocycles. The first-order chi connectivity index (χ1) is 9.25. The van der Waals surface area contributed by atoms with Gasteiger partial charge in [0.25, 0.3) is 5.69 Å². The molecule has 1 aliphatic carbocycles. The zero-order chi connectivity index (χ0) is 15.1. The molecule has 1 atom stereocenters. The quantitative estimate of drug-likeness (QED) is 0.617. The Hall–Kier alpha value is -1.47. The fraction of sp³-hybridized carbons (Fsp3) is 0.538. The van der Waals surface area contributed by atoms with Crippen molar-refractivity contribution in [1.82, 2.24) is 4.31 Å². The van der Waals surface area contributed by atoms with E-state index in [-0.39, 0.29) is 16.6 Å². The first-order valence-corrected chi connectivity index (χ1v) is 7.92. The fourth-order valence-electron chi connectivity index (χ4n) is 2.25. The minimum atomic E-state index is -3.60. The van der Waals surface area contributed by atoms with Gasteiger partial charge in [-0.25, -0.2) is 8.42 Å². The van der Waals surface area contributed by atoms with Gasteiger partial charge in [-0.2, -0.15) is 4.31 Å². The molecule has 0 aromatic heterocycles. The van der Waals surface area contributed by atoms with Crippen LogP contribution in [0.25, 0.3) is 0 Å². The lowest BCUT2D eigenvalue weighted by molar-refractivity contribution is -0.385. The molecule has 0 spiro atoms. The van der Waals surface area contributed by atoms with E-state index in [4.69, 9.17) is 0 Å². The molecule has 110 valence electrons. The second-order valence-corrected chi connectivity index (χ2v) is 7.30. The van der Waals surface area contributed by atoms with Crippen LogP contribution in [0.4, 0.5) is 5.69 Å². The van der Waals surface area contributed by atoms with Crippen LogP contribution in [0.2, 0.25) is 0 Å². The van der Waals surface area contributed by atoms with Crippen molar-refractivity contribution in [3.05, 3.63) is 33.9 Å². The Morgan fingerprint density at radius 3 is 2.45 bits per heavy atom. The maximum atomic E-state index is 12.5. The molecular weight excluding hydrogens is 280 g/mol. The molecule has 0 radical (unpaired) electrons. The Kier molecular flexibility index (Phi) is 3.84. The van der Waals surface area contributed by atoms with Crippen molar-refractivity contribution >= 4 is 15.7 Å². The minimum absolute atomic E-state index is 0.0458. The molecule has 0 aliphatic heterocycles. The van der Waals surface area contributed by atoms with Gasteiger partial charge in [0.15, 0.2) is 0 Å². The average Bonchev–Trinajstić information content (AvgIpc) is 3.20. The zero-order valence-corrected chi connectivity index (χ0v) is 12.6. The zero-order valence-electron chi connectivity index (χ0n) is 11.7. The highest BCUT2D eigenvalue weighted by Gasteiger charge is 2.36. The van der Waals surface area contributed by atoms with Crippen LogP contribution in [0, 0.1) is 23.0 Å². The molecule has 0 N–H and O–H groups in total. The van der Waals surface area contributed by atoms with E-state index in [0.717, 1.165) is 12.8 Å². The van der Waals surface area contributed by atoms with Crippen LogP contribution in [-0.4, -0.2) is 30.7 Å². The smallest absolute Gasteiger partial charge is 0.258 e. The predicted octanol–water partition coefficient (Wildman–Crippen LogP) is 2.32. The molecule has 6 nitrogen and oxygen atoms in total. The number of hydrogen-bond donors (Lipinski definition) is 0. The van der Waals surface area contributed by atoms with Crippen molar-refractivity contribution < 1.29 is 13.3 Å². The lowest BCUT2D eigenvalue weighted by Crippen LogP contribution is -2.36. The summed E-state index contributed by atoms with van der Waals surface area (Å²) < 4.78 is 26.4. The van der Waals surface area contributed by atoms with Crippen LogP contribution in [0.3, 0.4) is 0 Å². The van der Waals surface area contributed by atoms with Gasteiger partial charge in [0.1, 0.15) is 0 Å². The Labute approximate surface area is 118 Å². The number of sulfonamides is 1. The summed E-state index contributed by atoms with van der Waals surface area (Å²) in [4.78, 5) is 10.4. The van der Waals surface area contributed by atoms with Gasteiger partial charge >= 0.3 is 0 Å². The van der Waals surface area contributed by atoms with Gasteiger partial charge in [-0.1, -0.05) is 0 Å². The monoisotopic (exact) mass is 298 g/mol. The summed E-state index contributed by atoms with van der Waals surface area (Å²) in [6.45, 7) is 3.44. The van der Waals surface area contributed by atoms with Crippen molar-refractivity contribution in [1.29, 1.82) is 0 Å². The van der Waals surface area contributed by atoms with E-state index in [0.29, 0.717) is 11.5 Å². The van der Waals surface area contributed by atoms with Gasteiger partial charge in [0.05, 0.1) is 9.82 Å². The first kappa shape index (κ1) is 14.9. The molecule has 0 unspecified atom stereocenters. The van der Waals surface area contributed by atoms with Crippen LogP contribution in [-0.2, 0) is 10.0 Å². The molecule has 1 saturated carbocycles. The Bertz CT molecular complexity index is 638. The van der Waals surface area contributed by atoms with E-state index in [9.17, 15) is 18.5 Å². The largest absolute Gasteiger partial charge is 0.272 e. The molecule has 2 rings (SSSR count). The molecular formula is C13H18N2O4S. The van der Waals surface area contributed by atoms with Gasteiger partial charge in [0, 0.05) is 24.7 Å². The average molecular weight is 298 g/mol. The van der Waals surface area contributed by atoms with E-state index in [1.165, 1.54) is 22.5 Å². The lowest BCUT2D eigenvalue weighted by atomic mass is 10.2. The van der Waals surface area contributed by atoms with Gasteiger partial charge in [-0.15, -0.1) is 0 Å². The van der Waals surface area contributed by atoms with Crippen LogP contribution in [0.1, 0.15) is 25.3 Å². The first-order valence-electron chi connectivity index (χ1n) is 6.48. The van der Waals surface area contributed by atoms with Crippen LogP contribution in [0.5, 0.6) is 0 Å². The lowest BCUT2D eigenvalue weighted by Gasteiger charge is -2.24. The highest BCUT2D eigenvalue weighted by atomic mass is 32.2. The minimum Gasteiger partial charge on any atom is -0.258 e. The molecule has 7 heteroatoms. The topological polar surface area (TPSA) is 80.5 Å². The van der Waals surface area contributed by atoms with Crippen molar-refractivity contribution in [2.45, 2.75) is 37.6 Å². The third-order valence-electron chi connectivity index (χ3n) is 3.92. The Balaban J connectivity index is 2.34. The summed E-state index contributed by atoms with van der Waals surface area (Å²) in [6, 6.07) is 3.87. The molecule has 1 aliphatic rings. The van der Waals surface area contributed by atoms with Crippen molar-refractivity contribution in [2.75, 3.05) is 7.05 Å². The van der Waals surface area contributed by atoms with Gasteiger partial charge in [-0.3, -0.25) is 10.1 Å². The van der Waals surface area contributed by atoms with Gasteiger partial charge in [-0.05, 0) is 44.7 Å². The van der Waals surface area contributed by atoms with Crippen LogP contribution < -0.4 is 0 Å². The number of nitro benzene ring substituents is 1. The number of nitrogens with zero attached hydrogens (tertiary/aromatic N) is 2. The van der Waals surface area contributed by atoms with Crippen LogP contribution in [0.15, 0.2) is 23.1 Å². The summed E-state index contributed by atoms with van der Waals surface area (Å²) in [7, 11) is -2.03. The third-order valence-corrected chi connectivity index (χ3v) is 5.86. The van der Waals surface area contributed by atoms with Gasteiger partial charge in [0.2, 0.25) is 10.0 Å². The molecule has 1 aromatic rings. The molecule has 0 heterocycles. The Morgan fingerprint density at radius 1 is 1.40 bits per heavy atom. The predicted molar refractivity (Wildman–Crippen MR) is 75.0 cm³/mol. The van der Waals surface area contributed by atoms with Crippen molar-refractivity contribution in [2.24, 2.45) is 5.92 Å². The summed E-state index contributed by atoms with van der Waals surface area (Å²) in [5.74, 6) is 0.425. The summed E-state index contributed by atoms with van der Waals surface area (Å²) in [6.07, 6.45) is 2.11. The summed E-state index contributed by atoms with van der Waals surface area (Å²) in [5.41, 5.74) is 0.283. The third kappa shape index (κ3) is 2.69. The van der Waals surface area contributed by atoms with Crippen LogP contribution >= 0.6 is 0 Å². The molecule has 0 amide bonds.